The van der Waals surface area contributed by atoms with Gasteiger partial charge < -0.3 is 4.90 Å². The number of hydrogen-bond acceptors (Lipinski definition) is 3. The Morgan fingerprint density at radius 2 is 1.82 bits per heavy atom. The molecule has 0 N–H and O–H groups in total. The van der Waals surface area contributed by atoms with Crippen LogP contribution in [0.5, 0.6) is 0 Å². The van der Waals surface area contributed by atoms with E-state index < -0.39 is 0 Å². The molecule has 40 heavy (non-hydrogen) atoms. The summed E-state index contributed by atoms with van der Waals surface area (Å²) in [5.41, 5.74) is 6.67. The minimum absolute atomic E-state index is 0.00829. The Hall–Kier alpha value is -3.54. The Balaban J connectivity index is 1.16. The molecule has 0 bridgehead atoms. The standard InChI is InChI=1S/C34H37FN4O/c1-22-27-10-6-5-9-25(27)17-18-38(22)34(40)31-20-32(26-14-15-26)39-33(36-31)21-30(37-39)28-16-13-24(19-29(28)35)12-11-23-7-3-2-4-8-23/h5-6,9-10,13,16,19-23,26H,2-4,7-8,11-12,14-15,17-18H2,1H3/t22-/m1/s1. The number of nitrogens with zero attached hydrogens (tertiary/aromatic N) is 4. The van der Waals surface area contributed by atoms with E-state index in [2.05, 4.69) is 25.1 Å². The van der Waals surface area contributed by atoms with Crippen molar-refractivity contribution in [3.05, 3.63) is 88.5 Å². The predicted molar refractivity (Wildman–Crippen MR) is 155 cm³/mol. The molecule has 7 rings (SSSR count). The number of rotatable bonds is 6. The van der Waals surface area contributed by atoms with Crippen LogP contribution in [0.3, 0.4) is 0 Å². The van der Waals surface area contributed by atoms with Crippen molar-refractivity contribution in [1.29, 1.82) is 0 Å². The third kappa shape index (κ3) is 4.82. The van der Waals surface area contributed by atoms with E-state index in [1.54, 1.807) is 6.07 Å². The highest BCUT2D eigenvalue weighted by Gasteiger charge is 2.32. The van der Waals surface area contributed by atoms with Gasteiger partial charge in [-0.05, 0) is 79.8 Å². The fraction of sp³-hybridized carbons (Fsp3) is 0.441. The summed E-state index contributed by atoms with van der Waals surface area (Å²) in [5.74, 6) is 0.843. The van der Waals surface area contributed by atoms with Crippen LogP contribution < -0.4 is 0 Å². The average molecular weight is 537 g/mol. The molecule has 5 nitrogen and oxygen atoms in total. The van der Waals surface area contributed by atoms with Gasteiger partial charge in [0.15, 0.2) is 5.65 Å². The van der Waals surface area contributed by atoms with Gasteiger partial charge in [0.25, 0.3) is 5.91 Å². The average Bonchev–Trinajstić information content (AvgIpc) is 3.74. The highest BCUT2D eigenvalue weighted by atomic mass is 19.1. The van der Waals surface area contributed by atoms with E-state index >= 15 is 4.39 Å². The third-order valence-corrected chi connectivity index (χ3v) is 9.40. The topological polar surface area (TPSA) is 50.5 Å². The van der Waals surface area contributed by atoms with Crippen molar-refractivity contribution < 1.29 is 9.18 Å². The molecule has 0 spiro atoms. The zero-order valence-corrected chi connectivity index (χ0v) is 23.3. The SMILES string of the molecule is C[C@@H]1c2ccccc2CCN1C(=O)c1cc(C2CC2)n2nc(-c3ccc(CCC4CCCCC4)cc3F)cc2n1. The van der Waals surface area contributed by atoms with Gasteiger partial charge in [0.2, 0.25) is 0 Å². The summed E-state index contributed by atoms with van der Waals surface area (Å²) in [6, 6.07) is 17.7. The molecule has 3 heterocycles. The smallest absolute Gasteiger partial charge is 0.273 e. The lowest BCUT2D eigenvalue weighted by atomic mass is 9.85. The van der Waals surface area contributed by atoms with E-state index in [0.717, 1.165) is 49.3 Å². The third-order valence-electron chi connectivity index (χ3n) is 9.40. The first-order valence-electron chi connectivity index (χ1n) is 15.1. The van der Waals surface area contributed by atoms with E-state index in [-0.39, 0.29) is 17.8 Å². The predicted octanol–water partition coefficient (Wildman–Crippen LogP) is 7.69. The van der Waals surface area contributed by atoms with Crippen LogP contribution in [0.1, 0.15) is 103 Å². The van der Waals surface area contributed by atoms with Gasteiger partial charge in [-0.1, -0.05) is 62.4 Å². The van der Waals surface area contributed by atoms with E-state index in [1.165, 1.54) is 43.2 Å². The Bertz CT molecular complexity index is 1570. The number of carbonyl (C=O) groups excluding carboxylic acids is 1. The molecule has 1 aliphatic heterocycles. The summed E-state index contributed by atoms with van der Waals surface area (Å²) in [5, 5.41) is 4.80. The molecule has 3 aliphatic rings. The first-order chi connectivity index (χ1) is 19.5. The maximum absolute atomic E-state index is 15.4. The second-order valence-electron chi connectivity index (χ2n) is 12.1. The van der Waals surface area contributed by atoms with Crippen LogP contribution in [0.15, 0.2) is 54.6 Å². The maximum atomic E-state index is 15.4. The first-order valence-corrected chi connectivity index (χ1v) is 15.1. The molecule has 6 heteroatoms. The van der Waals surface area contributed by atoms with Crippen LogP contribution in [0, 0.1) is 11.7 Å². The van der Waals surface area contributed by atoms with E-state index in [9.17, 15) is 4.79 Å². The number of carbonyl (C=O) groups is 1. The van der Waals surface area contributed by atoms with Crippen LogP contribution in [0.2, 0.25) is 0 Å². The van der Waals surface area contributed by atoms with Crippen molar-refractivity contribution in [2.45, 2.75) is 83.1 Å². The van der Waals surface area contributed by atoms with Gasteiger partial charge in [0, 0.05) is 29.8 Å². The van der Waals surface area contributed by atoms with Crippen LogP contribution in [0.4, 0.5) is 4.39 Å². The van der Waals surface area contributed by atoms with E-state index in [4.69, 9.17) is 10.1 Å². The summed E-state index contributed by atoms with van der Waals surface area (Å²) in [6.45, 7) is 2.76. The molecule has 2 aromatic heterocycles. The molecular weight excluding hydrogens is 499 g/mol. The molecule has 4 aromatic rings. The lowest BCUT2D eigenvalue weighted by Crippen LogP contribution is -2.39. The minimum Gasteiger partial charge on any atom is -0.330 e. The molecule has 1 atom stereocenters. The Morgan fingerprint density at radius 3 is 2.62 bits per heavy atom. The Kier molecular flexibility index (Phi) is 6.65. The largest absolute Gasteiger partial charge is 0.330 e. The normalized spacial score (nSPS) is 19.6. The number of amides is 1. The second-order valence-corrected chi connectivity index (χ2v) is 12.1. The molecule has 2 saturated carbocycles. The van der Waals surface area contributed by atoms with E-state index in [1.807, 2.05) is 39.7 Å². The number of hydrogen-bond donors (Lipinski definition) is 0. The van der Waals surface area contributed by atoms with Crippen LogP contribution in [0.25, 0.3) is 16.9 Å². The molecule has 0 unspecified atom stereocenters. The number of fused-ring (bicyclic) bond motifs is 2. The van der Waals surface area contributed by atoms with Gasteiger partial charge in [-0.15, -0.1) is 0 Å². The summed E-state index contributed by atoms with van der Waals surface area (Å²) >= 11 is 0. The lowest BCUT2D eigenvalue weighted by Gasteiger charge is -2.35. The van der Waals surface area contributed by atoms with Crippen molar-refractivity contribution in [1.82, 2.24) is 19.5 Å². The lowest BCUT2D eigenvalue weighted by molar-refractivity contribution is 0.0671. The molecule has 0 saturated heterocycles. The zero-order chi connectivity index (χ0) is 27.2. The summed E-state index contributed by atoms with van der Waals surface area (Å²) in [4.78, 5) is 20.5. The number of halogens is 1. The molecule has 2 aliphatic carbocycles. The Morgan fingerprint density at radius 1 is 1.00 bits per heavy atom. The van der Waals surface area contributed by atoms with E-state index in [0.29, 0.717) is 35.1 Å². The van der Waals surface area contributed by atoms with Crippen molar-refractivity contribution in [2.24, 2.45) is 5.92 Å². The number of benzene rings is 2. The molecule has 2 fully saturated rings. The first kappa shape index (κ1) is 25.4. The van der Waals surface area contributed by atoms with Gasteiger partial charge in [0.05, 0.1) is 11.7 Å². The van der Waals surface area contributed by atoms with Crippen LogP contribution >= 0.6 is 0 Å². The zero-order valence-electron chi connectivity index (χ0n) is 23.3. The van der Waals surface area contributed by atoms with Crippen molar-refractivity contribution in [2.75, 3.05) is 6.54 Å². The maximum Gasteiger partial charge on any atom is 0.273 e. The molecule has 2 aromatic carbocycles. The quantitative estimate of drug-likeness (QED) is 0.254. The van der Waals surface area contributed by atoms with Gasteiger partial charge in [-0.25, -0.2) is 13.9 Å². The number of aryl methyl sites for hydroxylation is 1. The summed E-state index contributed by atoms with van der Waals surface area (Å²) in [7, 11) is 0. The molecular formula is C34H37FN4O. The summed E-state index contributed by atoms with van der Waals surface area (Å²) < 4.78 is 17.2. The molecule has 0 radical (unpaired) electrons. The fourth-order valence-corrected chi connectivity index (χ4v) is 6.87. The van der Waals surface area contributed by atoms with Crippen molar-refractivity contribution in [3.8, 4) is 11.3 Å². The monoisotopic (exact) mass is 536 g/mol. The van der Waals surface area contributed by atoms with Crippen LogP contribution in [-0.4, -0.2) is 31.9 Å². The highest BCUT2D eigenvalue weighted by molar-refractivity contribution is 5.93. The van der Waals surface area contributed by atoms with Crippen LogP contribution in [-0.2, 0) is 12.8 Å². The van der Waals surface area contributed by atoms with Gasteiger partial charge in [-0.2, -0.15) is 5.10 Å². The second kappa shape index (κ2) is 10.5. The minimum atomic E-state index is -0.241. The summed E-state index contributed by atoms with van der Waals surface area (Å²) in [6.07, 6.45) is 11.7. The van der Waals surface area contributed by atoms with Crippen molar-refractivity contribution in [3.63, 3.8) is 0 Å². The fourth-order valence-electron chi connectivity index (χ4n) is 6.87. The van der Waals surface area contributed by atoms with Gasteiger partial charge in [0.1, 0.15) is 11.5 Å². The molecule has 1 amide bonds. The number of aromatic nitrogens is 3. The molecule has 206 valence electrons. The highest BCUT2D eigenvalue weighted by Crippen LogP contribution is 2.41. The van der Waals surface area contributed by atoms with Gasteiger partial charge >= 0.3 is 0 Å². The Labute approximate surface area is 235 Å². The van der Waals surface area contributed by atoms with Crippen molar-refractivity contribution >= 4 is 11.6 Å². The van der Waals surface area contributed by atoms with Gasteiger partial charge in [-0.3, -0.25) is 4.79 Å².